The van der Waals surface area contributed by atoms with Crippen molar-refractivity contribution in [2.45, 2.75) is 37.8 Å². The Bertz CT molecular complexity index is 1310. The molecule has 0 unspecified atom stereocenters. The molecule has 0 radical (unpaired) electrons. The van der Waals surface area contributed by atoms with Gasteiger partial charge in [0.25, 0.3) is 0 Å². The van der Waals surface area contributed by atoms with Crippen molar-refractivity contribution in [1.82, 2.24) is 10.6 Å². The second-order valence-electron chi connectivity index (χ2n) is 9.03. The first-order valence-electron chi connectivity index (χ1n) is 12.7. The van der Waals surface area contributed by atoms with Crippen LogP contribution in [-0.2, 0) is 20.9 Å². The molecule has 4 rings (SSSR count). The number of benzene rings is 3. The zero-order chi connectivity index (χ0) is 27.5. The molecule has 0 bridgehead atoms. The third-order valence-electron chi connectivity index (χ3n) is 6.48. The third kappa shape index (κ3) is 7.37. The van der Waals surface area contributed by atoms with Crippen molar-refractivity contribution in [2.24, 2.45) is 5.11 Å². The molecule has 3 aromatic carbocycles. The molecule has 39 heavy (non-hydrogen) atoms. The van der Waals surface area contributed by atoms with Gasteiger partial charge in [0, 0.05) is 17.4 Å². The van der Waals surface area contributed by atoms with Crippen molar-refractivity contribution in [3.8, 4) is 11.1 Å². The Balaban J connectivity index is 1.23. The van der Waals surface area contributed by atoms with Gasteiger partial charge >= 0.3 is 12.2 Å². The zero-order valence-corrected chi connectivity index (χ0v) is 21.3. The number of carbonyl (C=O) groups is 3. The molecule has 10 heteroatoms. The lowest BCUT2D eigenvalue weighted by Gasteiger charge is -2.18. The largest absolute Gasteiger partial charge is 0.449 e. The number of rotatable bonds is 11. The van der Waals surface area contributed by atoms with Crippen LogP contribution in [0.3, 0.4) is 0 Å². The summed E-state index contributed by atoms with van der Waals surface area (Å²) in [5, 5.41) is 8.31. The Morgan fingerprint density at radius 3 is 2.15 bits per heavy atom. The predicted octanol–water partition coefficient (Wildman–Crippen LogP) is 5.83. The second-order valence-corrected chi connectivity index (χ2v) is 9.03. The van der Waals surface area contributed by atoms with Crippen LogP contribution in [0.15, 0.2) is 84.0 Å². The number of unbranched alkanes of at least 4 members (excludes halogenated alkanes) is 1. The molecule has 0 fully saturated rings. The van der Waals surface area contributed by atoms with Crippen LogP contribution in [-0.4, -0.2) is 37.3 Å². The number of hydrogen-bond donors (Lipinski definition) is 2. The molecule has 3 aromatic rings. The molecule has 2 N–H and O–H groups in total. The summed E-state index contributed by atoms with van der Waals surface area (Å²) in [4.78, 5) is 39.3. The topological polar surface area (TPSA) is 142 Å². The van der Waals surface area contributed by atoms with Crippen LogP contribution in [0.4, 0.5) is 9.59 Å². The highest BCUT2D eigenvalue weighted by atomic mass is 16.6. The molecular weight excluding hydrogens is 498 g/mol. The SMILES string of the molecule is [N-]=[N+]=NC(=O)[C@H](CCCCNC(=O)OCc1ccccc1)NC(=O)OCC1c2ccccc2-c2ccccc21. The van der Waals surface area contributed by atoms with E-state index in [0.717, 1.165) is 27.8 Å². The van der Waals surface area contributed by atoms with E-state index in [-0.39, 0.29) is 25.6 Å². The predicted molar refractivity (Wildman–Crippen MR) is 145 cm³/mol. The Kier molecular flexibility index (Phi) is 9.52. The Morgan fingerprint density at radius 1 is 0.846 bits per heavy atom. The van der Waals surface area contributed by atoms with Crippen LogP contribution in [0.2, 0.25) is 0 Å². The highest BCUT2D eigenvalue weighted by Crippen LogP contribution is 2.44. The molecule has 1 aliphatic carbocycles. The molecule has 0 aromatic heterocycles. The maximum Gasteiger partial charge on any atom is 0.407 e. The van der Waals surface area contributed by atoms with Crippen molar-refractivity contribution in [1.29, 1.82) is 0 Å². The van der Waals surface area contributed by atoms with Crippen molar-refractivity contribution in [3.05, 3.63) is 106 Å². The molecule has 0 heterocycles. The van der Waals surface area contributed by atoms with E-state index in [4.69, 9.17) is 15.0 Å². The number of amides is 3. The van der Waals surface area contributed by atoms with Gasteiger partial charge in [-0.05, 0) is 57.7 Å². The van der Waals surface area contributed by atoms with Crippen molar-refractivity contribution < 1.29 is 23.9 Å². The van der Waals surface area contributed by atoms with E-state index < -0.39 is 24.1 Å². The third-order valence-corrected chi connectivity index (χ3v) is 6.48. The normalized spacial score (nSPS) is 12.3. The highest BCUT2D eigenvalue weighted by Gasteiger charge is 2.29. The van der Waals surface area contributed by atoms with E-state index in [1.165, 1.54) is 0 Å². The van der Waals surface area contributed by atoms with E-state index in [1.54, 1.807) is 0 Å². The first kappa shape index (κ1) is 27.2. The number of carbonyl (C=O) groups excluding carboxylic acids is 3. The molecule has 0 spiro atoms. The lowest BCUT2D eigenvalue weighted by molar-refractivity contribution is -0.120. The number of hydrogen-bond acceptors (Lipinski definition) is 5. The number of azide groups is 1. The minimum absolute atomic E-state index is 0.0945. The van der Waals surface area contributed by atoms with Gasteiger partial charge in [0.1, 0.15) is 13.2 Å². The molecular formula is C29H29N5O5. The lowest BCUT2D eigenvalue weighted by atomic mass is 9.98. The molecule has 0 saturated carbocycles. The van der Waals surface area contributed by atoms with Gasteiger partial charge < -0.3 is 20.1 Å². The van der Waals surface area contributed by atoms with Gasteiger partial charge in [-0.3, -0.25) is 4.79 Å². The second kappa shape index (κ2) is 13.6. The van der Waals surface area contributed by atoms with Crippen molar-refractivity contribution >= 4 is 18.1 Å². The standard InChI is InChI=1S/C29H29N5O5/c30-34-33-27(35)26(16-8-9-17-31-28(36)38-18-20-10-2-1-3-11-20)32-29(37)39-19-25-23-14-6-4-12-21(23)22-13-5-7-15-24(22)25/h1-7,10-15,25-26H,8-9,16-19H2,(H,31,36)(H,32,37)/t26-/m0/s1. The average Bonchev–Trinajstić information content (AvgIpc) is 3.28. The molecule has 10 nitrogen and oxygen atoms in total. The van der Waals surface area contributed by atoms with Gasteiger partial charge in [-0.25, -0.2) is 9.59 Å². The van der Waals surface area contributed by atoms with Gasteiger partial charge in [-0.2, -0.15) is 0 Å². The van der Waals surface area contributed by atoms with Crippen molar-refractivity contribution in [3.63, 3.8) is 0 Å². The van der Waals surface area contributed by atoms with E-state index >= 15 is 0 Å². The fourth-order valence-electron chi connectivity index (χ4n) is 4.59. The van der Waals surface area contributed by atoms with E-state index in [0.29, 0.717) is 19.4 Å². The summed E-state index contributed by atoms with van der Waals surface area (Å²) in [7, 11) is 0. The minimum Gasteiger partial charge on any atom is -0.449 e. The Hall–Kier alpha value is -4.82. The monoisotopic (exact) mass is 527 g/mol. The maximum atomic E-state index is 12.6. The van der Waals surface area contributed by atoms with Gasteiger partial charge in [-0.15, -0.1) is 0 Å². The zero-order valence-electron chi connectivity index (χ0n) is 21.3. The molecule has 200 valence electrons. The summed E-state index contributed by atoms with van der Waals surface area (Å²) >= 11 is 0. The van der Waals surface area contributed by atoms with Crippen LogP contribution in [0, 0.1) is 0 Å². The van der Waals surface area contributed by atoms with Crippen molar-refractivity contribution in [2.75, 3.05) is 13.2 Å². The average molecular weight is 528 g/mol. The van der Waals surface area contributed by atoms with Gasteiger partial charge in [0.05, 0.1) is 6.04 Å². The van der Waals surface area contributed by atoms with Crippen LogP contribution in [0.25, 0.3) is 21.6 Å². The minimum atomic E-state index is -1.04. The maximum absolute atomic E-state index is 12.6. The van der Waals surface area contributed by atoms with Crippen LogP contribution in [0.5, 0.6) is 0 Å². The van der Waals surface area contributed by atoms with Gasteiger partial charge in [0.15, 0.2) is 0 Å². The summed E-state index contributed by atoms with van der Waals surface area (Å²) in [6, 6.07) is 24.2. The Labute approximate surface area is 225 Å². The van der Waals surface area contributed by atoms with E-state index in [9.17, 15) is 14.4 Å². The van der Waals surface area contributed by atoms with E-state index in [1.807, 2.05) is 78.9 Å². The van der Waals surface area contributed by atoms with Crippen LogP contribution in [0.1, 0.15) is 41.9 Å². The number of nitrogens with zero attached hydrogens (tertiary/aromatic N) is 3. The quantitative estimate of drug-likeness (QED) is 0.140. The number of fused-ring (bicyclic) bond motifs is 3. The number of ether oxygens (including phenoxy) is 2. The summed E-state index contributed by atoms with van der Waals surface area (Å²) in [6.45, 7) is 0.581. The highest BCUT2D eigenvalue weighted by molar-refractivity contribution is 5.86. The molecule has 0 aliphatic heterocycles. The first-order valence-corrected chi connectivity index (χ1v) is 12.7. The first-order chi connectivity index (χ1) is 19.1. The summed E-state index contributed by atoms with van der Waals surface area (Å²) < 4.78 is 10.7. The smallest absolute Gasteiger partial charge is 0.407 e. The molecule has 1 aliphatic rings. The van der Waals surface area contributed by atoms with Gasteiger partial charge in [0.2, 0.25) is 5.91 Å². The van der Waals surface area contributed by atoms with E-state index in [2.05, 4.69) is 20.7 Å². The fourth-order valence-corrected chi connectivity index (χ4v) is 4.59. The molecule has 3 amide bonds. The van der Waals surface area contributed by atoms with Crippen LogP contribution >= 0.6 is 0 Å². The Morgan fingerprint density at radius 2 is 1.49 bits per heavy atom. The number of nitrogens with one attached hydrogen (secondary N) is 2. The summed E-state index contributed by atoms with van der Waals surface area (Å²) in [5.41, 5.74) is 13.9. The molecule has 1 atom stereocenters. The number of alkyl carbamates (subject to hydrolysis) is 2. The fraction of sp³-hybridized carbons (Fsp3) is 0.276. The van der Waals surface area contributed by atoms with Gasteiger partial charge in [-0.1, -0.05) is 78.9 Å². The summed E-state index contributed by atoms with van der Waals surface area (Å²) in [5.74, 6) is -0.927. The lowest BCUT2D eigenvalue weighted by Crippen LogP contribution is -2.40. The van der Waals surface area contributed by atoms with Crippen LogP contribution < -0.4 is 10.6 Å². The molecule has 0 saturated heterocycles. The summed E-state index contributed by atoms with van der Waals surface area (Å²) in [6.07, 6.45) is -0.112.